The highest BCUT2D eigenvalue weighted by molar-refractivity contribution is 7.89. The maximum Gasteiger partial charge on any atom is 0.251 e. The molecule has 7 heteroatoms. The van der Waals surface area contributed by atoms with Crippen LogP contribution in [0, 0.1) is 6.92 Å². The number of carbonyl (C=O) groups excluding carboxylic acids is 1. The summed E-state index contributed by atoms with van der Waals surface area (Å²) in [6.45, 7) is 10.9. The van der Waals surface area contributed by atoms with Gasteiger partial charge in [0.25, 0.3) is 5.91 Å². The fraction of sp³-hybridized carbons (Fsp3) is 0.435. The van der Waals surface area contributed by atoms with Gasteiger partial charge in [-0.2, -0.15) is 4.31 Å². The maximum absolute atomic E-state index is 12.8. The normalized spacial score (nSPS) is 16.4. The number of sulfonamides is 1. The van der Waals surface area contributed by atoms with Crippen molar-refractivity contribution in [3.63, 3.8) is 0 Å². The number of benzene rings is 2. The first-order valence-electron chi connectivity index (χ1n) is 10.3. The van der Waals surface area contributed by atoms with Crippen LogP contribution < -0.4 is 5.32 Å². The Labute approximate surface area is 179 Å². The second-order valence-electron chi connectivity index (χ2n) is 8.89. The summed E-state index contributed by atoms with van der Waals surface area (Å²) in [6, 6.07) is 14.6. The molecule has 1 aliphatic heterocycles. The lowest BCUT2D eigenvalue weighted by atomic mass is 10.1. The zero-order chi connectivity index (χ0) is 21.9. The average molecular weight is 430 g/mol. The van der Waals surface area contributed by atoms with E-state index in [0.29, 0.717) is 36.6 Å². The van der Waals surface area contributed by atoms with Crippen molar-refractivity contribution in [1.29, 1.82) is 0 Å². The molecular weight excluding hydrogens is 398 g/mol. The number of hydrogen-bond acceptors (Lipinski definition) is 4. The van der Waals surface area contributed by atoms with E-state index in [1.54, 1.807) is 16.4 Å². The van der Waals surface area contributed by atoms with E-state index in [2.05, 4.69) is 10.2 Å². The summed E-state index contributed by atoms with van der Waals surface area (Å²) in [5.41, 5.74) is 2.52. The molecule has 30 heavy (non-hydrogen) atoms. The van der Waals surface area contributed by atoms with Crippen LogP contribution in [0.4, 0.5) is 0 Å². The van der Waals surface area contributed by atoms with Gasteiger partial charge in [0.05, 0.1) is 4.90 Å². The molecule has 0 aliphatic carbocycles. The van der Waals surface area contributed by atoms with Crippen molar-refractivity contribution in [2.24, 2.45) is 0 Å². The summed E-state index contributed by atoms with van der Waals surface area (Å²) in [5.74, 6) is -0.0797. The van der Waals surface area contributed by atoms with Gasteiger partial charge in [-0.15, -0.1) is 0 Å². The quantitative estimate of drug-likeness (QED) is 0.793. The van der Waals surface area contributed by atoms with Crippen LogP contribution in [0.25, 0.3) is 0 Å². The highest BCUT2D eigenvalue weighted by Gasteiger charge is 2.28. The number of nitrogens with zero attached hydrogens (tertiary/aromatic N) is 2. The van der Waals surface area contributed by atoms with Crippen LogP contribution in [-0.2, 0) is 16.6 Å². The number of amides is 1. The van der Waals surface area contributed by atoms with Crippen LogP contribution in [0.5, 0.6) is 0 Å². The summed E-state index contributed by atoms with van der Waals surface area (Å²) >= 11 is 0. The summed E-state index contributed by atoms with van der Waals surface area (Å²) in [5, 5.41) is 2.96. The van der Waals surface area contributed by atoms with Gasteiger partial charge in [-0.1, -0.05) is 29.8 Å². The Balaban J connectivity index is 1.56. The van der Waals surface area contributed by atoms with Crippen LogP contribution in [0.2, 0.25) is 0 Å². The highest BCUT2D eigenvalue weighted by atomic mass is 32.2. The van der Waals surface area contributed by atoms with Crippen LogP contribution in [0.3, 0.4) is 0 Å². The Bertz CT molecular complexity index is 970. The van der Waals surface area contributed by atoms with Crippen molar-refractivity contribution in [2.45, 2.75) is 44.7 Å². The summed E-state index contributed by atoms with van der Waals surface area (Å²) in [4.78, 5) is 14.8. The standard InChI is InChI=1S/C23H31N3O3S/c1-18-5-11-21(12-6-18)30(28,29)26-15-13-25(14-16-26)17-19-7-9-20(10-8-19)22(27)24-23(2,3)4/h5-12H,13-17H2,1-4H3,(H,24,27). The van der Waals surface area contributed by atoms with Crippen molar-refractivity contribution in [1.82, 2.24) is 14.5 Å². The van der Waals surface area contributed by atoms with E-state index >= 15 is 0 Å². The Morgan fingerprint density at radius 3 is 2.03 bits per heavy atom. The third-order valence-electron chi connectivity index (χ3n) is 5.10. The minimum Gasteiger partial charge on any atom is -0.347 e. The van der Waals surface area contributed by atoms with Crippen molar-refractivity contribution >= 4 is 15.9 Å². The number of piperazine rings is 1. The van der Waals surface area contributed by atoms with Gasteiger partial charge in [-0.25, -0.2) is 8.42 Å². The lowest BCUT2D eigenvalue weighted by Gasteiger charge is -2.34. The molecule has 0 bridgehead atoms. The smallest absolute Gasteiger partial charge is 0.251 e. The fourth-order valence-electron chi connectivity index (χ4n) is 3.42. The van der Waals surface area contributed by atoms with E-state index < -0.39 is 10.0 Å². The van der Waals surface area contributed by atoms with E-state index in [-0.39, 0.29) is 11.4 Å². The summed E-state index contributed by atoms with van der Waals surface area (Å²) < 4.78 is 27.2. The fourth-order valence-corrected chi connectivity index (χ4v) is 4.84. The predicted octanol–water partition coefficient (Wildman–Crippen LogP) is 3.03. The molecule has 6 nitrogen and oxygen atoms in total. The van der Waals surface area contributed by atoms with E-state index in [9.17, 15) is 13.2 Å². The van der Waals surface area contributed by atoms with Crippen LogP contribution in [0.1, 0.15) is 42.3 Å². The highest BCUT2D eigenvalue weighted by Crippen LogP contribution is 2.19. The van der Waals surface area contributed by atoms with E-state index in [1.807, 2.05) is 64.1 Å². The minimum atomic E-state index is -3.44. The maximum atomic E-state index is 12.8. The first-order chi connectivity index (χ1) is 14.0. The molecule has 0 saturated carbocycles. The van der Waals surface area contributed by atoms with Gasteiger partial charge in [0.2, 0.25) is 10.0 Å². The molecule has 3 rings (SSSR count). The Morgan fingerprint density at radius 1 is 0.933 bits per heavy atom. The largest absolute Gasteiger partial charge is 0.347 e. The van der Waals surface area contributed by atoms with Gasteiger partial charge in [0, 0.05) is 43.8 Å². The molecule has 1 N–H and O–H groups in total. The molecule has 1 amide bonds. The van der Waals surface area contributed by atoms with Crippen LogP contribution in [0.15, 0.2) is 53.4 Å². The molecule has 1 heterocycles. The summed E-state index contributed by atoms with van der Waals surface area (Å²) in [6.07, 6.45) is 0. The lowest BCUT2D eigenvalue weighted by Crippen LogP contribution is -2.48. The van der Waals surface area contributed by atoms with Gasteiger partial charge in [0.15, 0.2) is 0 Å². The van der Waals surface area contributed by atoms with Crippen molar-refractivity contribution in [3.05, 3.63) is 65.2 Å². The Hall–Kier alpha value is -2.22. The molecule has 1 saturated heterocycles. The lowest BCUT2D eigenvalue weighted by molar-refractivity contribution is 0.0919. The molecule has 2 aromatic carbocycles. The van der Waals surface area contributed by atoms with E-state index in [4.69, 9.17) is 0 Å². The number of rotatable bonds is 5. The molecule has 162 valence electrons. The molecule has 0 aromatic heterocycles. The Morgan fingerprint density at radius 2 is 1.50 bits per heavy atom. The van der Waals surface area contributed by atoms with Gasteiger partial charge in [0.1, 0.15) is 0 Å². The number of carbonyl (C=O) groups is 1. The predicted molar refractivity (Wildman–Crippen MR) is 119 cm³/mol. The molecular formula is C23H31N3O3S. The van der Waals surface area contributed by atoms with Gasteiger partial charge in [-0.3, -0.25) is 9.69 Å². The zero-order valence-corrected chi connectivity index (χ0v) is 19.0. The SMILES string of the molecule is Cc1ccc(S(=O)(=O)N2CCN(Cc3ccc(C(=O)NC(C)(C)C)cc3)CC2)cc1. The third kappa shape index (κ3) is 5.68. The van der Waals surface area contributed by atoms with Gasteiger partial charge in [-0.05, 0) is 57.5 Å². The zero-order valence-electron chi connectivity index (χ0n) is 18.2. The number of aryl methyl sites for hydroxylation is 1. The third-order valence-corrected chi connectivity index (χ3v) is 7.01. The Kier molecular flexibility index (Phi) is 6.65. The minimum absolute atomic E-state index is 0.0797. The summed E-state index contributed by atoms with van der Waals surface area (Å²) in [7, 11) is -3.44. The molecule has 1 fully saturated rings. The topological polar surface area (TPSA) is 69.7 Å². The van der Waals surface area contributed by atoms with E-state index in [0.717, 1.165) is 17.7 Å². The molecule has 0 spiro atoms. The molecule has 0 atom stereocenters. The number of nitrogens with one attached hydrogen (secondary N) is 1. The molecule has 0 radical (unpaired) electrons. The second-order valence-corrected chi connectivity index (χ2v) is 10.8. The molecule has 2 aromatic rings. The average Bonchev–Trinajstić information content (AvgIpc) is 2.68. The van der Waals surface area contributed by atoms with Gasteiger partial charge < -0.3 is 5.32 Å². The van der Waals surface area contributed by atoms with Crippen LogP contribution in [-0.4, -0.2) is 55.2 Å². The van der Waals surface area contributed by atoms with Crippen LogP contribution >= 0.6 is 0 Å². The van der Waals surface area contributed by atoms with E-state index in [1.165, 1.54) is 0 Å². The first-order valence-corrected chi connectivity index (χ1v) is 11.7. The van der Waals surface area contributed by atoms with Crippen molar-refractivity contribution in [2.75, 3.05) is 26.2 Å². The second kappa shape index (κ2) is 8.88. The molecule has 0 unspecified atom stereocenters. The molecule has 1 aliphatic rings. The number of hydrogen-bond donors (Lipinski definition) is 1. The van der Waals surface area contributed by atoms with Crippen molar-refractivity contribution < 1.29 is 13.2 Å². The van der Waals surface area contributed by atoms with Crippen molar-refractivity contribution in [3.8, 4) is 0 Å². The van der Waals surface area contributed by atoms with Gasteiger partial charge >= 0.3 is 0 Å². The monoisotopic (exact) mass is 429 g/mol. The first kappa shape index (κ1) is 22.5.